The molecule has 0 saturated carbocycles. The van der Waals surface area contributed by atoms with Crippen LogP contribution in [0.3, 0.4) is 0 Å². The van der Waals surface area contributed by atoms with Crippen molar-refractivity contribution < 1.29 is 13.7 Å². The third-order valence-corrected chi connectivity index (χ3v) is 6.32. The number of nitrogens with zero attached hydrogens (tertiary/aromatic N) is 3. The van der Waals surface area contributed by atoms with Crippen molar-refractivity contribution >= 4 is 0 Å². The smallest absolute Gasteiger partial charge is 0.157 e. The zero-order valence-electron chi connectivity index (χ0n) is 19.0. The second-order valence-corrected chi connectivity index (χ2v) is 8.57. The molecule has 1 N–H and O–H groups in total. The second-order valence-electron chi connectivity index (χ2n) is 8.57. The van der Waals surface area contributed by atoms with Crippen LogP contribution in [-0.4, -0.2) is 21.8 Å². The average molecular weight is 447 g/mol. The number of aryl methyl sites for hydroxylation is 1. The molecule has 0 bridgehead atoms. The fourth-order valence-electron chi connectivity index (χ4n) is 4.58. The van der Waals surface area contributed by atoms with Crippen molar-refractivity contribution in [2.24, 2.45) is 0 Å². The maximum absolute atomic E-state index is 13.3. The summed E-state index contributed by atoms with van der Waals surface area (Å²) in [5.74, 6) is 1.41. The van der Waals surface area contributed by atoms with E-state index in [2.05, 4.69) is 22.4 Å². The number of nitrogens with one attached hydrogen (secondary N) is 1. The maximum atomic E-state index is 13.3. The van der Waals surface area contributed by atoms with Gasteiger partial charge in [0.05, 0.1) is 30.9 Å². The van der Waals surface area contributed by atoms with E-state index in [4.69, 9.17) is 9.26 Å². The van der Waals surface area contributed by atoms with Gasteiger partial charge in [-0.2, -0.15) is 0 Å². The van der Waals surface area contributed by atoms with Crippen molar-refractivity contribution in [3.8, 4) is 22.7 Å². The van der Waals surface area contributed by atoms with E-state index < -0.39 is 0 Å². The summed E-state index contributed by atoms with van der Waals surface area (Å²) in [6.07, 6.45) is 6.67. The molecule has 33 heavy (non-hydrogen) atoms. The van der Waals surface area contributed by atoms with E-state index in [1.54, 1.807) is 13.4 Å². The highest BCUT2D eigenvalue weighted by Gasteiger charge is 2.29. The highest BCUT2D eigenvalue weighted by Crippen LogP contribution is 2.39. The summed E-state index contributed by atoms with van der Waals surface area (Å²) < 4.78 is 26.8. The Bertz CT molecular complexity index is 1260. The molecule has 0 aliphatic heterocycles. The van der Waals surface area contributed by atoms with Crippen LogP contribution in [0.5, 0.6) is 5.75 Å². The van der Waals surface area contributed by atoms with Crippen molar-refractivity contribution in [3.05, 3.63) is 83.4 Å². The van der Waals surface area contributed by atoms with E-state index in [1.807, 2.05) is 48.0 Å². The molecule has 2 aromatic heterocycles. The lowest BCUT2D eigenvalue weighted by molar-refractivity contribution is 0.301. The number of methoxy groups -OCH3 is 1. The normalized spacial score (nSPS) is 16.4. The molecule has 4 aromatic rings. The zero-order valence-corrected chi connectivity index (χ0v) is 19.0. The van der Waals surface area contributed by atoms with Gasteiger partial charge in [-0.25, -0.2) is 9.37 Å². The summed E-state index contributed by atoms with van der Waals surface area (Å²) in [5, 5.41) is 8.09. The average Bonchev–Trinajstić information content (AvgIpc) is 3.46. The van der Waals surface area contributed by atoms with E-state index >= 15 is 0 Å². The highest BCUT2D eigenvalue weighted by molar-refractivity contribution is 5.68. The number of benzene rings is 2. The fraction of sp³-hybridized carbons (Fsp3) is 0.308. The Balaban J connectivity index is 1.42. The van der Waals surface area contributed by atoms with Gasteiger partial charge >= 0.3 is 0 Å². The summed E-state index contributed by atoms with van der Waals surface area (Å²) in [5.41, 5.74) is 5.87. The van der Waals surface area contributed by atoms with Crippen LogP contribution in [0.2, 0.25) is 0 Å². The van der Waals surface area contributed by atoms with Crippen molar-refractivity contribution in [3.63, 3.8) is 0 Å². The van der Waals surface area contributed by atoms with Crippen LogP contribution in [0.1, 0.15) is 54.4 Å². The van der Waals surface area contributed by atoms with E-state index in [9.17, 15) is 4.39 Å². The van der Waals surface area contributed by atoms with Gasteiger partial charge in [0.25, 0.3) is 0 Å². The highest BCUT2D eigenvalue weighted by atomic mass is 19.1. The molecule has 1 unspecified atom stereocenters. The summed E-state index contributed by atoms with van der Waals surface area (Å²) in [6.45, 7) is 4.04. The molecule has 170 valence electrons. The first-order valence-corrected chi connectivity index (χ1v) is 11.2. The predicted molar refractivity (Wildman–Crippen MR) is 124 cm³/mol. The number of fused-ring (bicyclic) bond motifs is 1. The van der Waals surface area contributed by atoms with Gasteiger partial charge in [-0.05, 0) is 62.9 Å². The Hall–Kier alpha value is -3.45. The minimum Gasteiger partial charge on any atom is -0.495 e. The molecular formula is C26H27FN4O2. The first kappa shape index (κ1) is 21.4. The molecule has 2 aromatic carbocycles. The maximum Gasteiger partial charge on any atom is 0.157 e. The summed E-state index contributed by atoms with van der Waals surface area (Å²) in [6, 6.07) is 12.8. The van der Waals surface area contributed by atoms with Crippen molar-refractivity contribution in [1.82, 2.24) is 20.0 Å². The van der Waals surface area contributed by atoms with Gasteiger partial charge in [-0.1, -0.05) is 23.4 Å². The van der Waals surface area contributed by atoms with Crippen LogP contribution in [0.4, 0.5) is 4.39 Å². The van der Waals surface area contributed by atoms with Crippen LogP contribution in [-0.2, 0) is 6.42 Å². The third-order valence-electron chi connectivity index (χ3n) is 6.32. The summed E-state index contributed by atoms with van der Waals surface area (Å²) >= 11 is 0. The van der Waals surface area contributed by atoms with Gasteiger partial charge in [-0.3, -0.25) is 0 Å². The van der Waals surface area contributed by atoms with E-state index in [0.717, 1.165) is 64.5 Å². The molecule has 1 aliphatic rings. The largest absolute Gasteiger partial charge is 0.495 e. The molecule has 0 fully saturated rings. The van der Waals surface area contributed by atoms with Gasteiger partial charge in [-0.15, -0.1) is 0 Å². The van der Waals surface area contributed by atoms with Crippen LogP contribution in [0.25, 0.3) is 16.9 Å². The first-order chi connectivity index (χ1) is 16.0. The summed E-state index contributed by atoms with van der Waals surface area (Å²) in [7, 11) is 1.67. The Labute approximate surface area is 192 Å². The molecule has 0 radical (unpaired) electrons. The van der Waals surface area contributed by atoms with Crippen LogP contribution >= 0.6 is 0 Å². The quantitative estimate of drug-likeness (QED) is 0.411. The number of imidazole rings is 1. The van der Waals surface area contributed by atoms with E-state index in [-0.39, 0.29) is 17.9 Å². The SMILES string of the molecule is COc1cc(-c2noc3c2CCCC3N[C@H](C)c2ccc(F)cc2)ccc1-n1cnc(C)c1. The lowest BCUT2D eigenvalue weighted by atomic mass is 9.90. The number of rotatable bonds is 6. The topological polar surface area (TPSA) is 65.1 Å². The fourth-order valence-corrected chi connectivity index (χ4v) is 4.58. The van der Waals surface area contributed by atoms with Gasteiger partial charge in [0.2, 0.25) is 0 Å². The predicted octanol–water partition coefficient (Wildman–Crippen LogP) is 5.71. The van der Waals surface area contributed by atoms with Gasteiger partial charge in [0, 0.05) is 23.4 Å². The number of hydrogen-bond donors (Lipinski definition) is 1. The van der Waals surface area contributed by atoms with Crippen molar-refractivity contribution in [2.45, 2.75) is 45.2 Å². The monoisotopic (exact) mass is 446 g/mol. The minimum absolute atomic E-state index is 0.0603. The Kier molecular flexibility index (Phi) is 5.72. The van der Waals surface area contributed by atoms with Gasteiger partial charge < -0.3 is 19.1 Å². The Morgan fingerprint density at radius 3 is 2.76 bits per heavy atom. The van der Waals surface area contributed by atoms with Crippen LogP contribution in [0.15, 0.2) is 59.5 Å². The molecule has 5 rings (SSSR count). The molecule has 0 saturated heterocycles. The minimum atomic E-state index is -0.226. The molecule has 0 amide bonds. The van der Waals surface area contributed by atoms with Crippen LogP contribution in [0, 0.1) is 12.7 Å². The first-order valence-electron chi connectivity index (χ1n) is 11.2. The van der Waals surface area contributed by atoms with Gasteiger partial charge in [0.15, 0.2) is 5.76 Å². The Morgan fingerprint density at radius 2 is 2.03 bits per heavy atom. The molecule has 2 atom stereocenters. The molecule has 7 heteroatoms. The lowest BCUT2D eigenvalue weighted by Crippen LogP contribution is -2.27. The molecule has 6 nitrogen and oxygen atoms in total. The molecular weight excluding hydrogens is 419 g/mol. The lowest BCUT2D eigenvalue weighted by Gasteiger charge is -2.25. The van der Waals surface area contributed by atoms with Crippen molar-refractivity contribution in [2.75, 3.05) is 7.11 Å². The summed E-state index contributed by atoms with van der Waals surface area (Å²) in [4.78, 5) is 4.31. The van der Waals surface area contributed by atoms with Gasteiger partial charge in [0.1, 0.15) is 17.3 Å². The van der Waals surface area contributed by atoms with E-state index in [1.165, 1.54) is 12.1 Å². The molecule has 2 heterocycles. The number of halogens is 1. The zero-order chi connectivity index (χ0) is 22.9. The second kappa shape index (κ2) is 8.83. The van der Waals surface area contributed by atoms with E-state index in [0.29, 0.717) is 0 Å². The third kappa shape index (κ3) is 4.16. The molecule has 0 spiro atoms. The Morgan fingerprint density at radius 1 is 1.21 bits per heavy atom. The number of hydrogen-bond acceptors (Lipinski definition) is 5. The standard InChI is InChI=1S/C26H27FN4O2/c1-16-14-31(15-28-16)23-12-9-19(13-24(23)32-3)25-21-5-4-6-22(26(21)33-30-25)29-17(2)18-7-10-20(27)11-8-18/h7-15,17,22,29H,4-6H2,1-3H3/t17-,22?/m1/s1. The van der Waals surface area contributed by atoms with Crippen molar-refractivity contribution in [1.29, 1.82) is 0 Å². The number of ether oxygens (including phenoxy) is 1. The molecule has 1 aliphatic carbocycles. The van der Waals surface area contributed by atoms with Crippen LogP contribution < -0.4 is 10.1 Å². The number of aromatic nitrogens is 3.